The molecule has 5 atom stereocenters. The van der Waals surface area contributed by atoms with Gasteiger partial charge >= 0.3 is 0 Å². The quantitative estimate of drug-likeness (QED) is 0.575. The van der Waals surface area contributed by atoms with Gasteiger partial charge in [-0.25, -0.2) is 0 Å². The maximum atomic E-state index is 9.93. The summed E-state index contributed by atoms with van der Waals surface area (Å²) >= 11 is 0. The maximum Gasteiger partial charge on any atom is 0.229 e. The van der Waals surface area contributed by atoms with Crippen LogP contribution in [0.4, 0.5) is 0 Å². The Labute approximate surface area is 122 Å². The molecule has 0 radical (unpaired) electrons. The van der Waals surface area contributed by atoms with Gasteiger partial charge in [-0.1, -0.05) is 6.07 Å². The molecule has 118 valence electrons. The molecule has 1 saturated heterocycles. The van der Waals surface area contributed by atoms with Gasteiger partial charge in [0, 0.05) is 0 Å². The third-order valence-electron chi connectivity index (χ3n) is 3.41. The van der Waals surface area contributed by atoms with E-state index in [0.29, 0.717) is 11.5 Å². The van der Waals surface area contributed by atoms with Gasteiger partial charge in [-0.15, -0.1) is 0 Å². The van der Waals surface area contributed by atoms with E-state index >= 15 is 0 Å². The van der Waals surface area contributed by atoms with E-state index < -0.39 is 37.3 Å². The fourth-order valence-electron chi connectivity index (χ4n) is 2.17. The van der Waals surface area contributed by atoms with Crippen molar-refractivity contribution in [1.29, 1.82) is 0 Å². The van der Waals surface area contributed by atoms with Gasteiger partial charge in [0.25, 0.3) is 0 Å². The minimum Gasteiger partial charge on any atom is -0.493 e. The first-order valence-corrected chi connectivity index (χ1v) is 6.59. The second-order valence-corrected chi connectivity index (χ2v) is 4.97. The highest BCUT2D eigenvalue weighted by atomic mass is 16.7. The van der Waals surface area contributed by atoms with Crippen LogP contribution in [0.25, 0.3) is 0 Å². The van der Waals surface area contributed by atoms with Gasteiger partial charge in [0.2, 0.25) is 6.29 Å². The Morgan fingerprint density at radius 2 is 1.81 bits per heavy atom. The number of aliphatic hydroxyl groups is 4. The van der Waals surface area contributed by atoms with Crippen LogP contribution in [-0.2, 0) is 4.74 Å². The number of rotatable bonds is 4. The Kier molecular flexibility index (Phi) is 5.02. The molecule has 1 aromatic carbocycles. The lowest BCUT2D eigenvalue weighted by Gasteiger charge is -2.39. The van der Waals surface area contributed by atoms with E-state index in [9.17, 15) is 15.3 Å². The Bertz CT molecular complexity index is 476. The number of hydrogen-bond donors (Lipinski definition) is 4. The number of aliphatic hydroxyl groups excluding tert-OH is 4. The summed E-state index contributed by atoms with van der Waals surface area (Å²) in [6, 6.07) is 5.23. The van der Waals surface area contributed by atoms with Crippen LogP contribution in [0.15, 0.2) is 18.2 Å². The molecule has 1 aliphatic heterocycles. The number of aryl methyl sites for hydroxylation is 1. The molecule has 5 unspecified atom stereocenters. The van der Waals surface area contributed by atoms with Crippen molar-refractivity contribution in [3.05, 3.63) is 23.8 Å². The predicted octanol–water partition coefficient (Wildman–Crippen LogP) is -0.818. The van der Waals surface area contributed by atoms with Crippen molar-refractivity contribution in [3.8, 4) is 11.5 Å². The minimum atomic E-state index is -1.48. The number of methoxy groups -OCH3 is 1. The summed E-state index contributed by atoms with van der Waals surface area (Å²) in [6.45, 7) is 1.36. The molecule has 1 heterocycles. The van der Waals surface area contributed by atoms with Crippen LogP contribution in [0.3, 0.4) is 0 Å². The lowest BCUT2D eigenvalue weighted by molar-refractivity contribution is -0.277. The first-order chi connectivity index (χ1) is 9.97. The van der Waals surface area contributed by atoms with Gasteiger partial charge in [-0.3, -0.25) is 0 Å². The van der Waals surface area contributed by atoms with Gasteiger partial charge in [-0.2, -0.15) is 0 Å². The summed E-state index contributed by atoms with van der Waals surface area (Å²) in [7, 11) is 1.48. The normalized spacial score (nSPS) is 32.8. The molecule has 21 heavy (non-hydrogen) atoms. The summed E-state index contributed by atoms with van der Waals surface area (Å²) in [5, 5.41) is 38.5. The first-order valence-electron chi connectivity index (χ1n) is 6.59. The molecule has 0 aromatic heterocycles. The van der Waals surface area contributed by atoms with Gasteiger partial charge in [0.15, 0.2) is 11.5 Å². The molecule has 7 heteroatoms. The molecular weight excluding hydrogens is 280 g/mol. The highest BCUT2D eigenvalue weighted by Gasteiger charge is 2.44. The molecule has 0 amide bonds. The monoisotopic (exact) mass is 300 g/mol. The average Bonchev–Trinajstić information content (AvgIpc) is 2.48. The Balaban J connectivity index is 2.20. The van der Waals surface area contributed by atoms with Crippen LogP contribution in [0.5, 0.6) is 11.5 Å². The summed E-state index contributed by atoms with van der Waals surface area (Å²) in [5.74, 6) is 0.777. The highest BCUT2D eigenvalue weighted by molar-refractivity contribution is 5.42. The molecule has 0 spiro atoms. The summed E-state index contributed by atoms with van der Waals surface area (Å²) in [6.07, 6.45) is -6.57. The number of hydrogen-bond acceptors (Lipinski definition) is 7. The summed E-state index contributed by atoms with van der Waals surface area (Å²) in [4.78, 5) is 0. The van der Waals surface area contributed by atoms with Crippen LogP contribution in [0.2, 0.25) is 0 Å². The second kappa shape index (κ2) is 6.59. The molecule has 1 aromatic rings. The molecule has 0 saturated carbocycles. The fourth-order valence-corrected chi connectivity index (χ4v) is 2.17. The van der Waals surface area contributed by atoms with Crippen molar-refractivity contribution < 1.29 is 34.6 Å². The summed E-state index contributed by atoms with van der Waals surface area (Å²) < 4.78 is 16.0. The van der Waals surface area contributed by atoms with Crippen LogP contribution in [0.1, 0.15) is 5.56 Å². The zero-order valence-electron chi connectivity index (χ0n) is 11.8. The lowest BCUT2D eigenvalue weighted by Crippen LogP contribution is -2.60. The lowest BCUT2D eigenvalue weighted by atomic mass is 9.99. The summed E-state index contributed by atoms with van der Waals surface area (Å²) in [5.41, 5.74) is 0.912. The van der Waals surface area contributed by atoms with Crippen LogP contribution >= 0.6 is 0 Å². The predicted molar refractivity (Wildman–Crippen MR) is 72.1 cm³/mol. The Hall–Kier alpha value is -1.38. The average molecular weight is 300 g/mol. The molecular formula is C14H20O7. The standard InChI is InChI=1S/C14H20O7/c1-7-3-4-8(19-2)9(5-7)20-14-13(18)12(17)11(16)10(6-15)21-14/h3-5,10-18H,6H2,1-2H3. The van der Waals surface area contributed by atoms with Gasteiger partial charge in [0.1, 0.15) is 24.4 Å². The van der Waals surface area contributed by atoms with Crippen molar-refractivity contribution in [1.82, 2.24) is 0 Å². The van der Waals surface area contributed by atoms with Crippen molar-refractivity contribution in [3.63, 3.8) is 0 Å². The van der Waals surface area contributed by atoms with E-state index in [1.807, 2.05) is 13.0 Å². The van der Waals surface area contributed by atoms with Crippen molar-refractivity contribution in [2.75, 3.05) is 13.7 Å². The topological polar surface area (TPSA) is 109 Å². The molecule has 1 fully saturated rings. The van der Waals surface area contributed by atoms with E-state index in [0.717, 1.165) is 5.56 Å². The third-order valence-corrected chi connectivity index (χ3v) is 3.41. The van der Waals surface area contributed by atoms with E-state index in [-0.39, 0.29) is 0 Å². The van der Waals surface area contributed by atoms with Gasteiger partial charge in [-0.05, 0) is 24.6 Å². The highest BCUT2D eigenvalue weighted by Crippen LogP contribution is 2.31. The smallest absolute Gasteiger partial charge is 0.229 e. The third kappa shape index (κ3) is 3.28. The van der Waals surface area contributed by atoms with Gasteiger partial charge < -0.3 is 34.6 Å². The fraction of sp³-hybridized carbons (Fsp3) is 0.571. The molecule has 0 bridgehead atoms. The minimum absolute atomic E-state index is 0.335. The molecule has 0 aliphatic carbocycles. The largest absolute Gasteiger partial charge is 0.493 e. The van der Waals surface area contributed by atoms with E-state index in [4.69, 9.17) is 19.3 Å². The zero-order chi connectivity index (χ0) is 15.6. The van der Waals surface area contributed by atoms with E-state index in [1.165, 1.54) is 7.11 Å². The first kappa shape index (κ1) is 16.0. The van der Waals surface area contributed by atoms with E-state index in [2.05, 4.69) is 0 Å². The SMILES string of the molecule is COc1ccc(C)cc1OC1OC(CO)C(O)C(O)C1O. The van der Waals surface area contributed by atoms with Crippen molar-refractivity contribution >= 4 is 0 Å². The molecule has 4 N–H and O–H groups in total. The van der Waals surface area contributed by atoms with Crippen LogP contribution in [0, 0.1) is 6.92 Å². The molecule has 1 aliphatic rings. The van der Waals surface area contributed by atoms with E-state index in [1.54, 1.807) is 12.1 Å². The van der Waals surface area contributed by atoms with Crippen molar-refractivity contribution in [2.24, 2.45) is 0 Å². The number of ether oxygens (including phenoxy) is 3. The zero-order valence-corrected chi connectivity index (χ0v) is 11.8. The second-order valence-electron chi connectivity index (χ2n) is 4.97. The maximum absolute atomic E-state index is 9.93. The number of benzene rings is 1. The molecule has 2 rings (SSSR count). The Morgan fingerprint density at radius 3 is 2.43 bits per heavy atom. The molecule has 7 nitrogen and oxygen atoms in total. The Morgan fingerprint density at radius 1 is 1.10 bits per heavy atom. The van der Waals surface area contributed by atoms with Crippen LogP contribution in [-0.4, -0.2) is 64.8 Å². The van der Waals surface area contributed by atoms with Gasteiger partial charge in [0.05, 0.1) is 13.7 Å². The van der Waals surface area contributed by atoms with Crippen molar-refractivity contribution in [2.45, 2.75) is 37.6 Å². The van der Waals surface area contributed by atoms with Crippen LogP contribution < -0.4 is 9.47 Å².